The Kier molecular flexibility index (Phi) is 2.90. The summed E-state index contributed by atoms with van der Waals surface area (Å²) in [5.41, 5.74) is 1.04. The van der Waals surface area contributed by atoms with E-state index < -0.39 is 5.97 Å². The van der Waals surface area contributed by atoms with Crippen LogP contribution in [0, 0.1) is 0 Å². The Labute approximate surface area is 91.6 Å². The van der Waals surface area contributed by atoms with Crippen LogP contribution in [0.2, 0.25) is 0 Å². The standard InChI is InChI=1S/C10H10N4O2/c15-10(16)9-7-14(13-12-9)5-3-8-2-1-4-11-6-8/h1-2,4,6-7H,3,5H2,(H,15,16). The minimum atomic E-state index is -1.06. The van der Waals surface area contributed by atoms with Crippen LogP contribution in [-0.2, 0) is 13.0 Å². The van der Waals surface area contributed by atoms with Crippen molar-refractivity contribution >= 4 is 5.97 Å². The van der Waals surface area contributed by atoms with Gasteiger partial charge in [0.05, 0.1) is 6.20 Å². The fourth-order valence-corrected chi connectivity index (χ4v) is 1.30. The molecule has 6 nitrogen and oxygen atoms in total. The molecule has 82 valence electrons. The van der Waals surface area contributed by atoms with Crippen molar-refractivity contribution in [3.8, 4) is 0 Å². The summed E-state index contributed by atoms with van der Waals surface area (Å²) in [4.78, 5) is 14.6. The smallest absolute Gasteiger partial charge is 0.358 e. The number of aromatic carboxylic acids is 1. The first-order valence-electron chi connectivity index (χ1n) is 4.78. The highest BCUT2D eigenvalue weighted by molar-refractivity contribution is 5.84. The molecule has 2 rings (SSSR count). The van der Waals surface area contributed by atoms with Crippen molar-refractivity contribution in [3.63, 3.8) is 0 Å². The second kappa shape index (κ2) is 4.52. The molecule has 0 bridgehead atoms. The van der Waals surface area contributed by atoms with Crippen molar-refractivity contribution in [3.05, 3.63) is 42.0 Å². The van der Waals surface area contributed by atoms with Crippen LogP contribution >= 0.6 is 0 Å². The monoisotopic (exact) mass is 218 g/mol. The molecule has 2 aromatic heterocycles. The lowest BCUT2D eigenvalue weighted by Gasteiger charge is -1.99. The predicted octanol–water partition coefficient (Wildman–Crippen LogP) is 0.614. The van der Waals surface area contributed by atoms with E-state index in [1.54, 1.807) is 12.4 Å². The summed E-state index contributed by atoms with van der Waals surface area (Å²) in [6, 6.07) is 3.82. The van der Waals surface area contributed by atoms with E-state index in [4.69, 9.17) is 5.11 Å². The van der Waals surface area contributed by atoms with Crippen LogP contribution in [0.4, 0.5) is 0 Å². The van der Waals surface area contributed by atoms with E-state index in [0.717, 1.165) is 12.0 Å². The van der Waals surface area contributed by atoms with Gasteiger partial charge in [-0.1, -0.05) is 11.3 Å². The molecule has 16 heavy (non-hydrogen) atoms. The number of rotatable bonds is 4. The van der Waals surface area contributed by atoms with E-state index in [-0.39, 0.29) is 5.69 Å². The van der Waals surface area contributed by atoms with Crippen LogP contribution < -0.4 is 0 Å². The van der Waals surface area contributed by atoms with Gasteiger partial charge in [-0.05, 0) is 18.1 Å². The highest BCUT2D eigenvalue weighted by Gasteiger charge is 2.07. The average Bonchev–Trinajstić information content (AvgIpc) is 2.76. The molecule has 0 fully saturated rings. The number of carboxylic acid groups (broad SMARTS) is 1. The van der Waals surface area contributed by atoms with Crippen molar-refractivity contribution in [2.24, 2.45) is 0 Å². The Balaban J connectivity index is 1.97. The molecule has 0 amide bonds. The van der Waals surface area contributed by atoms with Crippen LogP contribution in [0.15, 0.2) is 30.7 Å². The van der Waals surface area contributed by atoms with E-state index in [1.165, 1.54) is 10.9 Å². The first-order chi connectivity index (χ1) is 7.75. The topological polar surface area (TPSA) is 80.9 Å². The largest absolute Gasteiger partial charge is 0.476 e. The zero-order valence-electron chi connectivity index (χ0n) is 8.45. The first kappa shape index (κ1) is 10.3. The quantitative estimate of drug-likeness (QED) is 0.813. The highest BCUT2D eigenvalue weighted by atomic mass is 16.4. The Morgan fingerprint density at radius 1 is 1.50 bits per heavy atom. The van der Waals surface area contributed by atoms with Crippen molar-refractivity contribution < 1.29 is 9.90 Å². The molecule has 0 aliphatic heterocycles. The highest BCUT2D eigenvalue weighted by Crippen LogP contribution is 2.00. The lowest BCUT2D eigenvalue weighted by Crippen LogP contribution is -2.02. The summed E-state index contributed by atoms with van der Waals surface area (Å²) in [5, 5.41) is 15.9. The zero-order valence-corrected chi connectivity index (χ0v) is 8.45. The third-order valence-electron chi connectivity index (χ3n) is 2.11. The van der Waals surface area contributed by atoms with E-state index in [9.17, 15) is 4.79 Å². The van der Waals surface area contributed by atoms with Crippen LogP contribution in [0.3, 0.4) is 0 Å². The first-order valence-corrected chi connectivity index (χ1v) is 4.78. The van der Waals surface area contributed by atoms with Crippen LogP contribution in [0.25, 0.3) is 0 Å². The van der Waals surface area contributed by atoms with Gasteiger partial charge in [0.2, 0.25) is 0 Å². The molecule has 0 saturated carbocycles. The number of carboxylic acids is 1. The molecule has 0 unspecified atom stereocenters. The lowest BCUT2D eigenvalue weighted by atomic mass is 10.2. The second-order valence-corrected chi connectivity index (χ2v) is 3.28. The SMILES string of the molecule is O=C(O)c1cn(CCc2cccnc2)nn1. The van der Waals surface area contributed by atoms with E-state index in [0.29, 0.717) is 6.54 Å². The summed E-state index contributed by atoms with van der Waals surface area (Å²) >= 11 is 0. The Hall–Kier alpha value is -2.24. The minimum absolute atomic E-state index is 0.0359. The molecule has 0 aliphatic carbocycles. The van der Waals surface area contributed by atoms with Crippen molar-refractivity contribution in [1.29, 1.82) is 0 Å². The third kappa shape index (κ3) is 2.41. The third-order valence-corrected chi connectivity index (χ3v) is 2.11. The van der Waals surface area contributed by atoms with Gasteiger partial charge in [0, 0.05) is 18.9 Å². The molecule has 0 radical (unpaired) electrons. The second-order valence-electron chi connectivity index (χ2n) is 3.28. The summed E-state index contributed by atoms with van der Waals surface area (Å²) in [5.74, 6) is -1.06. The van der Waals surface area contributed by atoms with Crippen LogP contribution in [-0.4, -0.2) is 31.1 Å². The molecular formula is C10H10N4O2. The number of carbonyl (C=O) groups is 1. The molecular weight excluding hydrogens is 208 g/mol. The van der Waals surface area contributed by atoms with Gasteiger partial charge in [-0.2, -0.15) is 0 Å². The van der Waals surface area contributed by atoms with Crippen molar-refractivity contribution in [2.75, 3.05) is 0 Å². The zero-order chi connectivity index (χ0) is 11.4. The van der Waals surface area contributed by atoms with Crippen LogP contribution in [0.5, 0.6) is 0 Å². The number of nitrogens with zero attached hydrogens (tertiary/aromatic N) is 4. The Morgan fingerprint density at radius 2 is 2.38 bits per heavy atom. The van der Waals surface area contributed by atoms with Gasteiger partial charge >= 0.3 is 5.97 Å². The van der Waals surface area contributed by atoms with Gasteiger partial charge in [-0.3, -0.25) is 9.67 Å². The van der Waals surface area contributed by atoms with Gasteiger partial charge in [0.1, 0.15) is 0 Å². The van der Waals surface area contributed by atoms with Crippen molar-refractivity contribution in [1.82, 2.24) is 20.0 Å². The normalized spacial score (nSPS) is 10.2. The molecule has 2 heterocycles. The van der Waals surface area contributed by atoms with Gasteiger partial charge < -0.3 is 5.11 Å². The number of aryl methyl sites for hydroxylation is 2. The van der Waals surface area contributed by atoms with Gasteiger partial charge in [0.25, 0.3) is 0 Å². The molecule has 0 atom stereocenters. The molecule has 0 saturated heterocycles. The van der Waals surface area contributed by atoms with Gasteiger partial charge in [-0.15, -0.1) is 5.10 Å². The maximum absolute atomic E-state index is 10.6. The molecule has 0 aliphatic rings. The minimum Gasteiger partial charge on any atom is -0.476 e. The predicted molar refractivity (Wildman–Crippen MR) is 54.9 cm³/mol. The number of hydrogen-bond donors (Lipinski definition) is 1. The Bertz CT molecular complexity index is 481. The van der Waals surface area contributed by atoms with Gasteiger partial charge in [-0.25, -0.2) is 4.79 Å². The summed E-state index contributed by atoms with van der Waals surface area (Å²) < 4.78 is 1.51. The fourth-order valence-electron chi connectivity index (χ4n) is 1.30. The van der Waals surface area contributed by atoms with Crippen molar-refractivity contribution in [2.45, 2.75) is 13.0 Å². The fraction of sp³-hybridized carbons (Fsp3) is 0.200. The van der Waals surface area contributed by atoms with E-state index in [2.05, 4.69) is 15.3 Å². The average molecular weight is 218 g/mol. The number of pyridine rings is 1. The van der Waals surface area contributed by atoms with E-state index in [1.807, 2.05) is 12.1 Å². The number of aromatic nitrogens is 4. The summed E-state index contributed by atoms with van der Waals surface area (Å²) in [7, 11) is 0. The molecule has 2 aromatic rings. The van der Waals surface area contributed by atoms with Gasteiger partial charge in [0.15, 0.2) is 5.69 Å². The van der Waals surface area contributed by atoms with E-state index >= 15 is 0 Å². The lowest BCUT2D eigenvalue weighted by molar-refractivity contribution is 0.0690. The maximum atomic E-state index is 10.6. The molecule has 0 spiro atoms. The number of hydrogen-bond acceptors (Lipinski definition) is 4. The molecule has 6 heteroatoms. The maximum Gasteiger partial charge on any atom is 0.358 e. The Morgan fingerprint density at radius 3 is 3.00 bits per heavy atom. The molecule has 1 N–H and O–H groups in total. The van der Waals surface area contributed by atoms with Crippen LogP contribution in [0.1, 0.15) is 16.1 Å². The molecule has 0 aromatic carbocycles. The summed E-state index contributed by atoms with van der Waals surface area (Å²) in [6.45, 7) is 0.589. The summed E-state index contributed by atoms with van der Waals surface area (Å²) in [6.07, 6.45) is 5.64.